The lowest BCUT2D eigenvalue weighted by atomic mass is 10.1. The minimum atomic E-state index is -0.747. The maximum Gasteiger partial charge on any atom is 0.359 e. The quantitative estimate of drug-likeness (QED) is 0.516. The zero-order valence-electron chi connectivity index (χ0n) is 15.7. The van der Waals surface area contributed by atoms with Gasteiger partial charge in [-0.2, -0.15) is 0 Å². The largest absolute Gasteiger partial charge is 0.461 e. The summed E-state index contributed by atoms with van der Waals surface area (Å²) in [4.78, 5) is 47.9. The van der Waals surface area contributed by atoms with Crippen LogP contribution in [0.5, 0.6) is 0 Å². The SMILES string of the molecule is CCOC(=O)c1[nH]c(C)c(C(=O)COC(=O)c2cnc3ccccc3n2)c1C. The molecule has 2 aromatic heterocycles. The number of nitrogens with one attached hydrogen (secondary N) is 1. The van der Waals surface area contributed by atoms with E-state index in [4.69, 9.17) is 9.47 Å². The van der Waals surface area contributed by atoms with Crippen molar-refractivity contribution in [3.05, 3.63) is 58.7 Å². The summed E-state index contributed by atoms with van der Waals surface area (Å²) in [6.07, 6.45) is 1.31. The molecule has 0 aliphatic heterocycles. The summed E-state index contributed by atoms with van der Waals surface area (Å²) in [6, 6.07) is 7.11. The molecule has 144 valence electrons. The van der Waals surface area contributed by atoms with E-state index in [1.54, 1.807) is 39.0 Å². The number of ketones is 1. The number of aromatic nitrogens is 3. The molecule has 8 heteroatoms. The summed E-state index contributed by atoms with van der Waals surface area (Å²) < 4.78 is 10.1. The summed E-state index contributed by atoms with van der Waals surface area (Å²) in [5.41, 5.74) is 2.71. The third-order valence-corrected chi connectivity index (χ3v) is 4.19. The number of carbonyl (C=O) groups excluding carboxylic acids is 3. The molecule has 3 rings (SSSR count). The Balaban J connectivity index is 1.72. The maximum absolute atomic E-state index is 12.5. The van der Waals surface area contributed by atoms with Gasteiger partial charge in [0, 0.05) is 11.3 Å². The zero-order valence-corrected chi connectivity index (χ0v) is 15.7. The minimum Gasteiger partial charge on any atom is -0.461 e. The van der Waals surface area contributed by atoms with Gasteiger partial charge in [-0.3, -0.25) is 9.78 Å². The van der Waals surface area contributed by atoms with Gasteiger partial charge in [0.1, 0.15) is 5.69 Å². The standard InChI is InChI=1S/C20H19N3O5/c1-4-27-20(26)18-11(2)17(12(3)22-18)16(24)10-28-19(25)15-9-21-13-7-5-6-8-14(13)23-15/h5-9,22H,4,10H2,1-3H3. The fourth-order valence-electron chi connectivity index (χ4n) is 2.91. The number of esters is 2. The number of hydrogen-bond donors (Lipinski definition) is 1. The number of H-pyrrole nitrogens is 1. The summed E-state index contributed by atoms with van der Waals surface area (Å²) in [5, 5.41) is 0. The first-order chi connectivity index (χ1) is 13.4. The molecular formula is C20H19N3O5. The van der Waals surface area contributed by atoms with Crippen molar-refractivity contribution in [2.24, 2.45) is 0 Å². The van der Waals surface area contributed by atoms with Gasteiger partial charge >= 0.3 is 11.9 Å². The van der Waals surface area contributed by atoms with E-state index < -0.39 is 24.3 Å². The highest BCUT2D eigenvalue weighted by molar-refractivity contribution is 6.04. The van der Waals surface area contributed by atoms with Gasteiger partial charge in [0.2, 0.25) is 5.78 Å². The van der Waals surface area contributed by atoms with Crippen LogP contribution in [-0.2, 0) is 9.47 Å². The minimum absolute atomic E-state index is 0.0150. The highest BCUT2D eigenvalue weighted by Crippen LogP contribution is 2.20. The van der Waals surface area contributed by atoms with E-state index in [9.17, 15) is 14.4 Å². The fraction of sp³-hybridized carbons (Fsp3) is 0.250. The van der Waals surface area contributed by atoms with E-state index in [1.807, 2.05) is 6.07 Å². The Morgan fingerprint density at radius 1 is 1.04 bits per heavy atom. The summed E-state index contributed by atoms with van der Waals surface area (Å²) in [7, 11) is 0. The summed E-state index contributed by atoms with van der Waals surface area (Å²) in [6.45, 7) is 4.75. The molecule has 0 fully saturated rings. The van der Waals surface area contributed by atoms with Crippen molar-refractivity contribution < 1.29 is 23.9 Å². The van der Waals surface area contributed by atoms with Crippen molar-refractivity contribution in [1.29, 1.82) is 0 Å². The number of carbonyl (C=O) groups is 3. The van der Waals surface area contributed by atoms with Crippen LogP contribution in [-0.4, -0.2) is 45.9 Å². The van der Waals surface area contributed by atoms with Crippen molar-refractivity contribution in [3.63, 3.8) is 0 Å². The fourth-order valence-corrected chi connectivity index (χ4v) is 2.91. The molecular weight excluding hydrogens is 362 g/mol. The number of fused-ring (bicyclic) bond motifs is 1. The Morgan fingerprint density at radius 2 is 1.75 bits per heavy atom. The number of Topliss-reactive ketones (excluding diaryl/α,β-unsaturated/α-hetero) is 1. The average Bonchev–Trinajstić information content (AvgIpc) is 3.00. The van der Waals surface area contributed by atoms with Crippen LogP contribution < -0.4 is 0 Å². The van der Waals surface area contributed by atoms with Crippen molar-refractivity contribution in [2.75, 3.05) is 13.2 Å². The van der Waals surface area contributed by atoms with Crippen LogP contribution in [0.1, 0.15) is 49.5 Å². The molecule has 1 aromatic carbocycles. The zero-order chi connectivity index (χ0) is 20.3. The molecule has 1 N–H and O–H groups in total. The van der Waals surface area contributed by atoms with Crippen molar-refractivity contribution in [3.8, 4) is 0 Å². The lowest BCUT2D eigenvalue weighted by Gasteiger charge is -2.05. The average molecular weight is 381 g/mol. The number of hydrogen-bond acceptors (Lipinski definition) is 7. The van der Waals surface area contributed by atoms with Gasteiger partial charge in [-0.05, 0) is 38.5 Å². The van der Waals surface area contributed by atoms with E-state index in [0.29, 0.717) is 27.9 Å². The predicted octanol–water partition coefficient (Wildman–Crippen LogP) is 2.79. The first kappa shape index (κ1) is 19.2. The highest BCUT2D eigenvalue weighted by atomic mass is 16.5. The first-order valence-corrected chi connectivity index (χ1v) is 8.70. The number of nitrogens with zero attached hydrogens (tertiary/aromatic N) is 2. The van der Waals surface area contributed by atoms with Gasteiger partial charge in [-0.1, -0.05) is 12.1 Å². The van der Waals surface area contributed by atoms with E-state index in [0.717, 1.165) is 0 Å². The molecule has 8 nitrogen and oxygen atoms in total. The number of aromatic amines is 1. The Morgan fingerprint density at radius 3 is 2.46 bits per heavy atom. The summed E-state index contributed by atoms with van der Waals surface area (Å²) >= 11 is 0. The van der Waals surface area contributed by atoms with Gasteiger partial charge in [0.25, 0.3) is 0 Å². The second kappa shape index (κ2) is 7.99. The molecule has 0 saturated heterocycles. The number of aryl methyl sites for hydroxylation is 1. The van der Waals surface area contributed by atoms with Crippen LogP contribution in [0.15, 0.2) is 30.5 Å². The Hall–Kier alpha value is -3.55. The molecule has 0 bridgehead atoms. The molecule has 0 radical (unpaired) electrons. The highest BCUT2D eigenvalue weighted by Gasteiger charge is 2.24. The van der Waals surface area contributed by atoms with Crippen LogP contribution in [0.25, 0.3) is 11.0 Å². The molecule has 0 aliphatic carbocycles. The molecule has 0 saturated carbocycles. The molecule has 0 unspecified atom stereocenters. The molecule has 0 atom stereocenters. The van der Waals surface area contributed by atoms with Crippen molar-refractivity contribution >= 4 is 28.8 Å². The third-order valence-electron chi connectivity index (χ3n) is 4.19. The third kappa shape index (κ3) is 3.75. The molecule has 3 aromatic rings. The monoisotopic (exact) mass is 381 g/mol. The van der Waals surface area contributed by atoms with Crippen LogP contribution in [0, 0.1) is 13.8 Å². The van der Waals surface area contributed by atoms with E-state index in [-0.39, 0.29) is 18.0 Å². The Labute approximate surface area is 160 Å². The predicted molar refractivity (Wildman–Crippen MR) is 100 cm³/mol. The van der Waals surface area contributed by atoms with E-state index in [2.05, 4.69) is 15.0 Å². The number of benzene rings is 1. The van der Waals surface area contributed by atoms with Gasteiger partial charge in [-0.25, -0.2) is 14.6 Å². The van der Waals surface area contributed by atoms with E-state index >= 15 is 0 Å². The molecule has 0 spiro atoms. The first-order valence-electron chi connectivity index (χ1n) is 8.70. The van der Waals surface area contributed by atoms with Crippen LogP contribution >= 0.6 is 0 Å². The lowest BCUT2D eigenvalue weighted by Crippen LogP contribution is -2.16. The van der Waals surface area contributed by atoms with Crippen molar-refractivity contribution in [2.45, 2.75) is 20.8 Å². The van der Waals surface area contributed by atoms with Crippen molar-refractivity contribution in [1.82, 2.24) is 15.0 Å². The number of ether oxygens (including phenoxy) is 2. The van der Waals surface area contributed by atoms with Gasteiger partial charge < -0.3 is 14.5 Å². The normalized spacial score (nSPS) is 10.7. The Kier molecular flexibility index (Phi) is 5.49. The smallest absolute Gasteiger partial charge is 0.359 e. The molecule has 28 heavy (non-hydrogen) atoms. The second-order valence-corrected chi connectivity index (χ2v) is 6.09. The maximum atomic E-state index is 12.5. The molecule has 0 amide bonds. The van der Waals surface area contributed by atoms with Crippen LogP contribution in [0.2, 0.25) is 0 Å². The van der Waals surface area contributed by atoms with Gasteiger partial charge in [-0.15, -0.1) is 0 Å². The number of para-hydroxylation sites is 2. The molecule has 0 aliphatic rings. The second-order valence-electron chi connectivity index (χ2n) is 6.09. The number of rotatable bonds is 6. The van der Waals surface area contributed by atoms with E-state index in [1.165, 1.54) is 6.20 Å². The van der Waals surface area contributed by atoms with Crippen LogP contribution in [0.3, 0.4) is 0 Å². The summed E-state index contributed by atoms with van der Waals surface area (Å²) in [5.74, 6) is -1.71. The topological polar surface area (TPSA) is 111 Å². The lowest BCUT2D eigenvalue weighted by molar-refractivity contribution is 0.0467. The van der Waals surface area contributed by atoms with Crippen LogP contribution in [0.4, 0.5) is 0 Å². The Bertz CT molecular complexity index is 1070. The van der Waals surface area contributed by atoms with Gasteiger partial charge in [0.15, 0.2) is 12.3 Å². The van der Waals surface area contributed by atoms with Gasteiger partial charge in [0.05, 0.1) is 23.8 Å². The molecule has 2 heterocycles.